The van der Waals surface area contributed by atoms with Crippen LogP contribution in [0.4, 0.5) is 0 Å². The molecule has 0 saturated heterocycles. The highest BCUT2D eigenvalue weighted by Crippen LogP contribution is 2.44. The molecule has 0 unspecified atom stereocenters. The lowest BCUT2D eigenvalue weighted by molar-refractivity contribution is 1.19. The van der Waals surface area contributed by atoms with Crippen LogP contribution in [-0.4, -0.2) is 24.5 Å². The SMILES string of the molecule is c1ccc(-n2c3ccc(-c4ccc(-c5cc(-c6ccccn6)nc(-c6ccccn6)c5)cc4)cc3c3ccc4c(-c5cccc6ccccc56)nc5ccccc5c4c32)cc1. The second-order valence-electron chi connectivity index (χ2n) is 15.4. The fourth-order valence-corrected chi connectivity index (χ4v) is 9.05. The van der Waals surface area contributed by atoms with Crippen molar-refractivity contribution in [1.82, 2.24) is 24.5 Å². The molecular formula is C56H35N5. The molecule has 12 aromatic rings. The van der Waals surface area contributed by atoms with E-state index in [2.05, 4.69) is 178 Å². The summed E-state index contributed by atoms with van der Waals surface area (Å²) in [5.41, 5.74) is 14.3. The van der Waals surface area contributed by atoms with Crippen molar-refractivity contribution in [2.45, 2.75) is 0 Å². The van der Waals surface area contributed by atoms with Crippen molar-refractivity contribution in [3.05, 3.63) is 213 Å². The van der Waals surface area contributed by atoms with E-state index in [0.29, 0.717) is 0 Å². The van der Waals surface area contributed by atoms with Crippen molar-refractivity contribution in [2.24, 2.45) is 0 Å². The summed E-state index contributed by atoms with van der Waals surface area (Å²) in [6.07, 6.45) is 3.61. The first-order valence-electron chi connectivity index (χ1n) is 20.5. The average molecular weight is 778 g/mol. The van der Waals surface area contributed by atoms with E-state index in [-0.39, 0.29) is 0 Å². The Hall–Kier alpha value is -8.28. The van der Waals surface area contributed by atoms with Gasteiger partial charge in [0.25, 0.3) is 0 Å². The van der Waals surface area contributed by atoms with Crippen LogP contribution < -0.4 is 0 Å². The Morgan fingerprint density at radius 1 is 0.361 bits per heavy atom. The fourth-order valence-electron chi connectivity index (χ4n) is 9.05. The molecule has 0 aliphatic heterocycles. The number of hydrogen-bond donors (Lipinski definition) is 0. The Morgan fingerprint density at radius 3 is 1.72 bits per heavy atom. The van der Waals surface area contributed by atoms with E-state index in [9.17, 15) is 0 Å². The second-order valence-corrected chi connectivity index (χ2v) is 15.4. The maximum Gasteiger partial charge on any atom is 0.0900 e. The lowest BCUT2D eigenvalue weighted by Gasteiger charge is -2.15. The summed E-state index contributed by atoms with van der Waals surface area (Å²) in [5, 5.41) is 8.26. The Balaban J connectivity index is 1.05. The molecule has 0 N–H and O–H groups in total. The van der Waals surface area contributed by atoms with Crippen molar-refractivity contribution in [1.29, 1.82) is 0 Å². The third kappa shape index (κ3) is 5.86. The molecule has 0 saturated carbocycles. The van der Waals surface area contributed by atoms with Crippen LogP contribution >= 0.6 is 0 Å². The average Bonchev–Trinajstić information content (AvgIpc) is 3.68. The maximum atomic E-state index is 5.39. The first-order chi connectivity index (χ1) is 30.2. The third-order valence-electron chi connectivity index (χ3n) is 11.9. The van der Waals surface area contributed by atoms with Gasteiger partial charge in [-0.05, 0) is 99.8 Å². The molecule has 5 aromatic heterocycles. The van der Waals surface area contributed by atoms with Crippen molar-refractivity contribution in [3.8, 4) is 62.0 Å². The first kappa shape index (κ1) is 34.7. The van der Waals surface area contributed by atoms with Crippen molar-refractivity contribution in [3.63, 3.8) is 0 Å². The van der Waals surface area contributed by atoms with Crippen molar-refractivity contribution in [2.75, 3.05) is 0 Å². The summed E-state index contributed by atoms with van der Waals surface area (Å²) in [6.45, 7) is 0. The zero-order valence-electron chi connectivity index (χ0n) is 32.9. The lowest BCUT2D eigenvalue weighted by atomic mass is 9.94. The number of para-hydroxylation sites is 2. The molecule has 5 nitrogen and oxygen atoms in total. The van der Waals surface area contributed by atoms with Gasteiger partial charge in [0.2, 0.25) is 0 Å². The highest BCUT2D eigenvalue weighted by atomic mass is 15.0. The van der Waals surface area contributed by atoms with E-state index < -0.39 is 0 Å². The molecule has 5 heterocycles. The molecule has 12 rings (SSSR count). The van der Waals surface area contributed by atoms with Crippen LogP contribution in [0, 0.1) is 0 Å². The zero-order valence-corrected chi connectivity index (χ0v) is 32.9. The number of aromatic nitrogens is 5. The molecule has 7 aromatic carbocycles. The van der Waals surface area contributed by atoms with E-state index in [0.717, 1.165) is 83.8 Å². The standard InChI is InChI=1S/C56H35N5/c1-2-15-41(16-3-1)61-53-30-27-39(36-23-25-37(26-24-36)40-34-51(49-21-8-10-31-57-49)59-52(35-40)50-22-9-11-32-58-50)33-47(53)44-28-29-46-54(56(44)61)45-18-6-7-20-48(45)60-55(46)43-19-12-14-38-13-4-5-17-42(38)43/h1-35H. The first-order valence-corrected chi connectivity index (χ1v) is 20.5. The summed E-state index contributed by atoms with van der Waals surface area (Å²) in [5.74, 6) is 0. The minimum Gasteiger partial charge on any atom is -0.309 e. The lowest BCUT2D eigenvalue weighted by Crippen LogP contribution is -1.96. The number of pyridine rings is 4. The quantitative estimate of drug-likeness (QED) is 0.158. The van der Waals surface area contributed by atoms with Gasteiger partial charge in [0.05, 0.1) is 45.0 Å². The Morgan fingerprint density at radius 2 is 0.984 bits per heavy atom. The van der Waals surface area contributed by atoms with Gasteiger partial charge in [0.1, 0.15) is 0 Å². The van der Waals surface area contributed by atoms with Crippen LogP contribution in [0.5, 0.6) is 0 Å². The molecule has 0 amide bonds. The van der Waals surface area contributed by atoms with Gasteiger partial charge in [-0.1, -0.05) is 133 Å². The van der Waals surface area contributed by atoms with Crippen LogP contribution in [0.1, 0.15) is 0 Å². The van der Waals surface area contributed by atoms with E-state index in [1.165, 1.54) is 32.4 Å². The summed E-state index contributed by atoms with van der Waals surface area (Å²) in [4.78, 5) is 19.6. The number of hydrogen-bond acceptors (Lipinski definition) is 4. The van der Waals surface area contributed by atoms with Crippen molar-refractivity contribution >= 4 is 54.3 Å². The minimum atomic E-state index is 0.809. The third-order valence-corrected chi connectivity index (χ3v) is 11.9. The molecule has 0 aliphatic carbocycles. The van der Waals surface area contributed by atoms with Gasteiger partial charge < -0.3 is 4.57 Å². The molecule has 0 radical (unpaired) electrons. The molecular weight excluding hydrogens is 743 g/mol. The second kappa shape index (κ2) is 14.2. The predicted molar refractivity (Wildman–Crippen MR) is 252 cm³/mol. The van der Waals surface area contributed by atoms with Gasteiger partial charge in [0.15, 0.2) is 0 Å². The van der Waals surface area contributed by atoms with Crippen molar-refractivity contribution < 1.29 is 0 Å². The largest absolute Gasteiger partial charge is 0.309 e. The molecule has 0 bridgehead atoms. The highest BCUT2D eigenvalue weighted by Gasteiger charge is 2.21. The number of benzene rings is 7. The van der Waals surface area contributed by atoms with Crippen LogP contribution in [-0.2, 0) is 0 Å². The number of rotatable bonds is 6. The summed E-state index contributed by atoms with van der Waals surface area (Å²) in [7, 11) is 0. The van der Waals surface area contributed by atoms with Crippen LogP contribution in [0.25, 0.3) is 116 Å². The van der Waals surface area contributed by atoms with Crippen LogP contribution in [0.15, 0.2) is 213 Å². The Labute approximate surface area is 351 Å². The number of nitrogens with zero attached hydrogens (tertiary/aromatic N) is 5. The highest BCUT2D eigenvalue weighted by molar-refractivity contribution is 6.27. The van der Waals surface area contributed by atoms with E-state index in [1.54, 1.807) is 12.4 Å². The van der Waals surface area contributed by atoms with Gasteiger partial charge in [-0.2, -0.15) is 0 Å². The van der Waals surface area contributed by atoms with Gasteiger partial charge in [-0.15, -0.1) is 0 Å². The van der Waals surface area contributed by atoms with E-state index in [1.807, 2.05) is 36.4 Å². The van der Waals surface area contributed by atoms with Crippen LogP contribution in [0.2, 0.25) is 0 Å². The van der Waals surface area contributed by atoms with Gasteiger partial charge in [-0.25, -0.2) is 9.97 Å². The van der Waals surface area contributed by atoms with Gasteiger partial charge in [0, 0.05) is 50.6 Å². The molecule has 0 fully saturated rings. The minimum absolute atomic E-state index is 0.809. The summed E-state index contributed by atoms with van der Waals surface area (Å²) >= 11 is 0. The molecule has 0 atom stereocenters. The number of fused-ring (bicyclic) bond motifs is 8. The van der Waals surface area contributed by atoms with E-state index in [4.69, 9.17) is 9.97 Å². The Kier molecular flexibility index (Phi) is 8.10. The molecule has 5 heteroatoms. The fraction of sp³-hybridized carbons (Fsp3) is 0. The Bertz CT molecular complexity index is 3550. The van der Waals surface area contributed by atoms with Crippen LogP contribution in [0.3, 0.4) is 0 Å². The smallest absolute Gasteiger partial charge is 0.0900 e. The predicted octanol–water partition coefficient (Wildman–Crippen LogP) is 14.2. The molecule has 284 valence electrons. The summed E-state index contributed by atoms with van der Waals surface area (Å²) < 4.78 is 2.45. The maximum absolute atomic E-state index is 5.39. The van der Waals surface area contributed by atoms with E-state index >= 15 is 0 Å². The van der Waals surface area contributed by atoms with Gasteiger partial charge >= 0.3 is 0 Å². The molecule has 0 aliphatic rings. The normalized spacial score (nSPS) is 11.6. The summed E-state index contributed by atoms with van der Waals surface area (Å²) in [6, 6.07) is 70.8. The van der Waals surface area contributed by atoms with Gasteiger partial charge in [-0.3, -0.25) is 9.97 Å². The topological polar surface area (TPSA) is 56.5 Å². The zero-order chi connectivity index (χ0) is 40.3. The molecule has 0 spiro atoms. The molecule has 61 heavy (non-hydrogen) atoms. The monoisotopic (exact) mass is 777 g/mol.